The van der Waals surface area contributed by atoms with Gasteiger partial charge in [-0.05, 0) is 44.1 Å². The molecule has 2 saturated carbocycles. The smallest absolute Gasteiger partial charge is 0.224 e. The number of hydrogen-bond donors (Lipinski definition) is 2. The van der Waals surface area contributed by atoms with E-state index >= 15 is 0 Å². The van der Waals surface area contributed by atoms with E-state index in [1.165, 1.54) is 25.7 Å². The average Bonchev–Trinajstić information content (AvgIpc) is 2.95. The number of carbonyl (C=O) groups excluding carboxylic acids is 1. The Hall–Kier alpha value is -0.570. The van der Waals surface area contributed by atoms with Crippen LogP contribution in [-0.2, 0) is 4.79 Å². The summed E-state index contributed by atoms with van der Waals surface area (Å²) in [6, 6.07) is 0.511. The van der Waals surface area contributed by atoms with Crippen molar-refractivity contribution in [1.82, 2.24) is 10.6 Å². The fourth-order valence-corrected chi connectivity index (χ4v) is 3.60. The number of fused-ring (bicyclic) bond motifs is 2. The van der Waals surface area contributed by atoms with Gasteiger partial charge in [0, 0.05) is 12.6 Å². The summed E-state index contributed by atoms with van der Waals surface area (Å²) in [4.78, 5) is 11.9. The van der Waals surface area contributed by atoms with Crippen LogP contribution in [0.15, 0.2) is 0 Å². The van der Waals surface area contributed by atoms with Gasteiger partial charge < -0.3 is 10.6 Å². The molecule has 3 fully saturated rings. The van der Waals surface area contributed by atoms with Crippen molar-refractivity contribution >= 4 is 5.91 Å². The summed E-state index contributed by atoms with van der Waals surface area (Å²) in [6.45, 7) is 1.89. The fourth-order valence-electron chi connectivity index (χ4n) is 3.60. The van der Waals surface area contributed by atoms with Gasteiger partial charge in [-0.1, -0.05) is 6.42 Å². The number of carbonyl (C=O) groups is 1. The van der Waals surface area contributed by atoms with Crippen LogP contribution in [0.5, 0.6) is 0 Å². The van der Waals surface area contributed by atoms with E-state index in [1.807, 2.05) is 0 Å². The van der Waals surface area contributed by atoms with E-state index in [4.69, 9.17) is 0 Å². The Morgan fingerprint density at radius 2 is 2.13 bits per heavy atom. The Kier molecular flexibility index (Phi) is 2.43. The number of rotatable bonds is 2. The Morgan fingerprint density at radius 3 is 2.73 bits per heavy atom. The second-order valence-electron chi connectivity index (χ2n) is 5.48. The standard InChI is InChI=1S/C12H20N2O/c15-12(10-3-4-13-7-10)14-11-6-8-1-2-9(11)5-8/h8-11,13H,1-7H2,(H,14,15). The molecule has 4 unspecified atom stereocenters. The van der Waals surface area contributed by atoms with Crippen molar-refractivity contribution in [3.8, 4) is 0 Å². The van der Waals surface area contributed by atoms with E-state index in [2.05, 4.69) is 10.6 Å². The maximum absolute atomic E-state index is 11.9. The average molecular weight is 208 g/mol. The fraction of sp³-hybridized carbons (Fsp3) is 0.917. The minimum atomic E-state index is 0.240. The first-order valence-corrected chi connectivity index (χ1v) is 6.34. The minimum absolute atomic E-state index is 0.240. The molecule has 2 bridgehead atoms. The second kappa shape index (κ2) is 3.78. The molecule has 84 valence electrons. The summed E-state index contributed by atoms with van der Waals surface area (Å²) in [5, 5.41) is 6.52. The van der Waals surface area contributed by atoms with Gasteiger partial charge in [0.05, 0.1) is 5.92 Å². The van der Waals surface area contributed by atoms with Gasteiger partial charge in [-0.2, -0.15) is 0 Å². The maximum atomic E-state index is 11.9. The molecule has 0 spiro atoms. The van der Waals surface area contributed by atoms with E-state index in [0.29, 0.717) is 11.9 Å². The Balaban J connectivity index is 1.54. The molecule has 2 aliphatic carbocycles. The van der Waals surface area contributed by atoms with Gasteiger partial charge in [0.1, 0.15) is 0 Å². The van der Waals surface area contributed by atoms with Gasteiger partial charge in [0.2, 0.25) is 5.91 Å². The molecule has 0 aromatic rings. The second-order valence-corrected chi connectivity index (χ2v) is 5.48. The van der Waals surface area contributed by atoms with Crippen molar-refractivity contribution < 1.29 is 4.79 Å². The Labute approximate surface area is 91.0 Å². The van der Waals surface area contributed by atoms with E-state index in [9.17, 15) is 4.79 Å². The lowest BCUT2D eigenvalue weighted by atomic mass is 9.94. The highest BCUT2D eigenvalue weighted by atomic mass is 16.2. The van der Waals surface area contributed by atoms with E-state index in [0.717, 1.165) is 31.3 Å². The van der Waals surface area contributed by atoms with Crippen LogP contribution in [0.25, 0.3) is 0 Å². The van der Waals surface area contributed by atoms with Gasteiger partial charge in [0.25, 0.3) is 0 Å². The topological polar surface area (TPSA) is 41.1 Å². The van der Waals surface area contributed by atoms with Crippen LogP contribution in [0.2, 0.25) is 0 Å². The van der Waals surface area contributed by atoms with E-state index < -0.39 is 0 Å². The molecule has 1 amide bonds. The zero-order valence-corrected chi connectivity index (χ0v) is 9.17. The van der Waals surface area contributed by atoms with E-state index in [1.54, 1.807) is 0 Å². The molecule has 3 heteroatoms. The lowest BCUT2D eigenvalue weighted by molar-refractivity contribution is -0.125. The van der Waals surface area contributed by atoms with Crippen LogP contribution in [0.3, 0.4) is 0 Å². The molecule has 3 aliphatic rings. The van der Waals surface area contributed by atoms with Crippen molar-refractivity contribution in [2.75, 3.05) is 13.1 Å². The lowest BCUT2D eigenvalue weighted by Gasteiger charge is -2.24. The first kappa shape index (κ1) is 9.64. The van der Waals surface area contributed by atoms with Crippen molar-refractivity contribution in [3.05, 3.63) is 0 Å². The van der Waals surface area contributed by atoms with Gasteiger partial charge in [-0.3, -0.25) is 4.79 Å². The molecular formula is C12H20N2O. The quantitative estimate of drug-likeness (QED) is 0.708. The van der Waals surface area contributed by atoms with Crippen LogP contribution in [0, 0.1) is 17.8 Å². The molecule has 15 heavy (non-hydrogen) atoms. The molecular weight excluding hydrogens is 188 g/mol. The molecule has 3 nitrogen and oxygen atoms in total. The van der Waals surface area contributed by atoms with Crippen molar-refractivity contribution in [2.24, 2.45) is 17.8 Å². The van der Waals surface area contributed by atoms with Gasteiger partial charge in [-0.15, -0.1) is 0 Å². The molecule has 1 aliphatic heterocycles. The van der Waals surface area contributed by atoms with Crippen molar-refractivity contribution in [3.63, 3.8) is 0 Å². The first-order valence-electron chi connectivity index (χ1n) is 6.34. The Morgan fingerprint density at radius 1 is 1.20 bits per heavy atom. The minimum Gasteiger partial charge on any atom is -0.353 e. The highest BCUT2D eigenvalue weighted by Gasteiger charge is 2.40. The van der Waals surface area contributed by atoms with Gasteiger partial charge in [0.15, 0.2) is 0 Å². The zero-order chi connectivity index (χ0) is 10.3. The van der Waals surface area contributed by atoms with Crippen LogP contribution < -0.4 is 10.6 Å². The van der Waals surface area contributed by atoms with Crippen LogP contribution in [0.1, 0.15) is 32.1 Å². The predicted molar refractivity (Wildman–Crippen MR) is 58.4 cm³/mol. The lowest BCUT2D eigenvalue weighted by Crippen LogP contribution is -2.42. The summed E-state index contributed by atoms with van der Waals surface area (Å²) < 4.78 is 0. The highest BCUT2D eigenvalue weighted by Crippen LogP contribution is 2.44. The van der Waals surface area contributed by atoms with Crippen LogP contribution >= 0.6 is 0 Å². The number of nitrogens with one attached hydrogen (secondary N) is 2. The zero-order valence-electron chi connectivity index (χ0n) is 9.17. The summed E-state index contributed by atoms with van der Waals surface area (Å²) in [5.41, 5.74) is 0. The third kappa shape index (κ3) is 1.78. The molecule has 0 aromatic carbocycles. The first-order chi connectivity index (χ1) is 7.33. The molecule has 4 atom stereocenters. The molecule has 1 heterocycles. The molecule has 0 aromatic heterocycles. The largest absolute Gasteiger partial charge is 0.353 e. The summed E-state index contributed by atoms with van der Waals surface area (Å²) in [7, 11) is 0. The molecule has 0 radical (unpaired) electrons. The monoisotopic (exact) mass is 208 g/mol. The molecule has 1 saturated heterocycles. The normalized spacial score (nSPS) is 43.5. The summed E-state index contributed by atoms with van der Waals surface area (Å²) in [6.07, 6.45) is 6.39. The third-order valence-corrected chi connectivity index (χ3v) is 4.50. The molecule has 3 rings (SSSR count). The number of amides is 1. The SMILES string of the molecule is O=C(NC1CC2CCC1C2)C1CCNC1. The predicted octanol–water partition coefficient (Wildman–Crippen LogP) is 0.901. The third-order valence-electron chi connectivity index (χ3n) is 4.50. The van der Waals surface area contributed by atoms with E-state index in [-0.39, 0.29) is 5.92 Å². The van der Waals surface area contributed by atoms with Crippen molar-refractivity contribution in [1.29, 1.82) is 0 Å². The van der Waals surface area contributed by atoms with Gasteiger partial charge >= 0.3 is 0 Å². The molecule has 2 N–H and O–H groups in total. The van der Waals surface area contributed by atoms with Crippen LogP contribution in [0.4, 0.5) is 0 Å². The maximum Gasteiger partial charge on any atom is 0.224 e. The van der Waals surface area contributed by atoms with Gasteiger partial charge in [-0.25, -0.2) is 0 Å². The number of hydrogen-bond acceptors (Lipinski definition) is 2. The summed E-state index contributed by atoms with van der Waals surface area (Å²) in [5.74, 6) is 2.26. The van der Waals surface area contributed by atoms with Crippen LogP contribution in [-0.4, -0.2) is 25.0 Å². The highest BCUT2D eigenvalue weighted by molar-refractivity contribution is 5.79. The van der Waals surface area contributed by atoms with Crippen molar-refractivity contribution in [2.45, 2.75) is 38.1 Å². The Bertz CT molecular complexity index is 260. The summed E-state index contributed by atoms with van der Waals surface area (Å²) >= 11 is 0.